The molecule has 2 saturated heterocycles. The molecule has 2 fully saturated rings. The molecule has 2 N–H and O–H groups in total. The van der Waals surface area contributed by atoms with Gasteiger partial charge < -0.3 is 29.2 Å². The lowest BCUT2D eigenvalue weighted by Gasteiger charge is -2.48. The van der Waals surface area contributed by atoms with Crippen LogP contribution >= 0.6 is 0 Å². The fourth-order valence-electron chi connectivity index (χ4n) is 7.77. The average Bonchev–Trinajstić information content (AvgIpc) is 3.08. The van der Waals surface area contributed by atoms with Gasteiger partial charge in [-0.25, -0.2) is 0 Å². The van der Waals surface area contributed by atoms with Crippen molar-refractivity contribution in [2.75, 3.05) is 14.2 Å². The largest absolute Gasteiger partial charge is 0.459 e. The summed E-state index contributed by atoms with van der Waals surface area (Å²) in [5.41, 5.74) is -1.19. The molecule has 0 radical (unpaired) electrons. The predicted octanol–water partition coefficient (Wildman–Crippen LogP) is 4.55. The Morgan fingerprint density at radius 3 is 2.18 bits per heavy atom. The zero-order valence-corrected chi connectivity index (χ0v) is 31.3. The Bertz CT molecular complexity index is 1340. The summed E-state index contributed by atoms with van der Waals surface area (Å²) in [6, 6.07) is 7.97. The van der Waals surface area contributed by atoms with E-state index >= 15 is 0 Å². The van der Waals surface area contributed by atoms with E-state index in [-0.39, 0.29) is 36.7 Å². The van der Waals surface area contributed by atoms with Gasteiger partial charge in [0.2, 0.25) is 0 Å². The Morgan fingerprint density at radius 1 is 1.02 bits per heavy atom. The van der Waals surface area contributed by atoms with E-state index < -0.39 is 71.2 Å². The van der Waals surface area contributed by atoms with Gasteiger partial charge in [-0.2, -0.15) is 0 Å². The quantitative estimate of drug-likeness (QED) is 0.240. The number of aliphatic hydroxyl groups excluding tert-OH is 1. The Kier molecular flexibility index (Phi) is 13.8. The number of rotatable bonds is 7. The SMILES string of the molecule is C#Cc1ccc(CN(C)[C@H]2C[C@@H](C)O[C@@H](O[C@@H]3[C@@H](C)C(=O)[C@@H](C)C(=O)O[C@H](CC)[C@@](C)(O)[C@H](O)[C@@H](C)C(=O)[C@H](C)C[C@@]3(C)OC)[C@@H]2C)cc1. The standard InChI is InChI=1S/C39H59NO9/c1-13-28-15-17-29(18-16-28)21-40(11)30-19-23(4)47-37(24(30)5)49-35-26(7)33(42)27(8)36(44)48-31(14-2)39(10,45)34(43)25(6)32(41)22(3)20-38(35,9)46-12/h1,15-18,22-27,30-31,34-35,37,43,45H,14,19-21H2,2-12H3/t22-,23-,24-,25+,26+,27-,30+,31-,34-,35-,37+,38-,39-/m1/s1. The molecule has 0 aromatic heterocycles. The van der Waals surface area contributed by atoms with Gasteiger partial charge in [0.05, 0.1) is 23.9 Å². The predicted molar refractivity (Wildman–Crippen MR) is 186 cm³/mol. The first-order valence-electron chi connectivity index (χ1n) is 17.6. The second-order valence-corrected chi connectivity index (χ2v) is 15.0. The molecular formula is C39H59NO9. The van der Waals surface area contributed by atoms with Gasteiger partial charge in [-0.3, -0.25) is 19.3 Å². The molecule has 0 saturated carbocycles. The minimum Gasteiger partial charge on any atom is -0.459 e. The lowest BCUT2D eigenvalue weighted by atomic mass is 9.74. The molecule has 2 aliphatic heterocycles. The summed E-state index contributed by atoms with van der Waals surface area (Å²) >= 11 is 0. The number of cyclic esters (lactones) is 1. The molecule has 0 unspecified atom stereocenters. The summed E-state index contributed by atoms with van der Waals surface area (Å²) in [6.07, 6.45) is 2.11. The van der Waals surface area contributed by atoms with Gasteiger partial charge in [-0.1, -0.05) is 52.7 Å². The minimum absolute atomic E-state index is 0.0647. The van der Waals surface area contributed by atoms with Crippen molar-refractivity contribution < 1.29 is 43.5 Å². The minimum atomic E-state index is -1.94. The van der Waals surface area contributed by atoms with Crippen molar-refractivity contribution in [2.24, 2.45) is 29.6 Å². The van der Waals surface area contributed by atoms with Crippen molar-refractivity contribution in [3.05, 3.63) is 35.4 Å². The van der Waals surface area contributed by atoms with Crippen molar-refractivity contribution in [3.8, 4) is 12.3 Å². The number of methoxy groups -OCH3 is 1. The second kappa shape index (κ2) is 16.6. The van der Waals surface area contributed by atoms with Crippen LogP contribution in [-0.4, -0.2) is 94.8 Å². The Morgan fingerprint density at radius 2 is 1.63 bits per heavy atom. The molecule has 1 aromatic rings. The fourth-order valence-corrected chi connectivity index (χ4v) is 7.77. The number of hydrogen-bond donors (Lipinski definition) is 2. The highest BCUT2D eigenvalue weighted by Crippen LogP contribution is 2.39. The van der Waals surface area contributed by atoms with E-state index in [2.05, 4.69) is 24.8 Å². The molecule has 10 nitrogen and oxygen atoms in total. The first-order chi connectivity index (χ1) is 22.8. The van der Waals surface area contributed by atoms with Crippen molar-refractivity contribution >= 4 is 17.5 Å². The van der Waals surface area contributed by atoms with E-state index in [0.29, 0.717) is 6.54 Å². The van der Waals surface area contributed by atoms with Crippen LogP contribution in [-0.2, 0) is 39.9 Å². The molecule has 13 atom stereocenters. The van der Waals surface area contributed by atoms with E-state index in [1.807, 2.05) is 31.2 Å². The number of aliphatic hydroxyl groups is 2. The first-order valence-corrected chi connectivity index (χ1v) is 17.6. The zero-order valence-electron chi connectivity index (χ0n) is 31.3. The van der Waals surface area contributed by atoms with E-state index in [0.717, 1.165) is 17.5 Å². The van der Waals surface area contributed by atoms with Crippen LogP contribution in [0.4, 0.5) is 0 Å². The van der Waals surface area contributed by atoms with Gasteiger partial charge in [0.1, 0.15) is 23.4 Å². The Balaban J connectivity index is 2.00. The van der Waals surface area contributed by atoms with Crippen LogP contribution in [0.25, 0.3) is 0 Å². The maximum absolute atomic E-state index is 14.1. The van der Waals surface area contributed by atoms with Crippen LogP contribution in [0.3, 0.4) is 0 Å². The fraction of sp³-hybridized carbons (Fsp3) is 0.718. The molecule has 274 valence electrons. The van der Waals surface area contributed by atoms with E-state index in [4.69, 9.17) is 25.4 Å². The summed E-state index contributed by atoms with van der Waals surface area (Å²) in [7, 11) is 3.58. The molecular weight excluding hydrogens is 626 g/mol. The summed E-state index contributed by atoms with van der Waals surface area (Å²) in [5, 5.41) is 22.6. The number of benzene rings is 1. The molecule has 2 heterocycles. The number of carbonyl (C=O) groups is 3. The molecule has 1 aromatic carbocycles. The summed E-state index contributed by atoms with van der Waals surface area (Å²) in [5.74, 6) is -2.75. The number of ketones is 2. The van der Waals surface area contributed by atoms with Gasteiger partial charge in [-0.05, 0) is 71.7 Å². The van der Waals surface area contributed by atoms with Gasteiger partial charge >= 0.3 is 5.97 Å². The monoisotopic (exact) mass is 685 g/mol. The smallest absolute Gasteiger partial charge is 0.316 e. The molecule has 10 heteroatoms. The van der Waals surface area contributed by atoms with Gasteiger partial charge in [0, 0.05) is 48.9 Å². The lowest BCUT2D eigenvalue weighted by Crippen LogP contribution is -2.58. The number of hydrogen-bond acceptors (Lipinski definition) is 10. The molecule has 0 aliphatic carbocycles. The van der Waals surface area contributed by atoms with Crippen molar-refractivity contribution in [1.82, 2.24) is 4.90 Å². The molecule has 0 spiro atoms. The molecule has 2 aliphatic rings. The highest BCUT2D eigenvalue weighted by Gasteiger charge is 2.51. The third kappa shape index (κ3) is 8.99. The third-order valence-corrected chi connectivity index (χ3v) is 11.1. The topological polar surface area (TPSA) is 132 Å². The number of esters is 1. The summed E-state index contributed by atoms with van der Waals surface area (Å²) < 4.78 is 25.1. The third-order valence-electron chi connectivity index (χ3n) is 11.1. The Labute approximate surface area is 293 Å². The first kappa shape index (κ1) is 40.8. The molecule has 3 rings (SSSR count). The molecule has 49 heavy (non-hydrogen) atoms. The van der Waals surface area contributed by atoms with Crippen LogP contribution in [0.2, 0.25) is 0 Å². The van der Waals surface area contributed by atoms with Gasteiger partial charge in [0.15, 0.2) is 12.1 Å². The maximum atomic E-state index is 14.1. The number of terminal acetylenes is 1. The highest BCUT2D eigenvalue weighted by atomic mass is 16.7. The highest BCUT2D eigenvalue weighted by molar-refractivity contribution is 6.00. The van der Waals surface area contributed by atoms with Crippen LogP contribution in [0.1, 0.15) is 92.7 Å². The van der Waals surface area contributed by atoms with Crippen molar-refractivity contribution in [3.63, 3.8) is 0 Å². The van der Waals surface area contributed by atoms with Crippen LogP contribution in [0, 0.1) is 41.9 Å². The summed E-state index contributed by atoms with van der Waals surface area (Å²) in [4.78, 5) is 43.6. The zero-order chi connectivity index (χ0) is 37.0. The number of Topliss-reactive ketones (excluding diaryl/α,β-unsaturated/α-hetero) is 2. The van der Waals surface area contributed by atoms with Crippen LogP contribution < -0.4 is 0 Å². The number of ether oxygens (including phenoxy) is 4. The number of nitrogens with zero attached hydrogens (tertiary/aromatic N) is 1. The van der Waals surface area contributed by atoms with Crippen LogP contribution in [0.5, 0.6) is 0 Å². The number of carbonyl (C=O) groups excluding carboxylic acids is 3. The average molecular weight is 686 g/mol. The van der Waals surface area contributed by atoms with Gasteiger partial charge in [-0.15, -0.1) is 6.42 Å². The van der Waals surface area contributed by atoms with E-state index in [1.165, 1.54) is 21.0 Å². The van der Waals surface area contributed by atoms with Crippen LogP contribution in [0.15, 0.2) is 24.3 Å². The van der Waals surface area contributed by atoms with E-state index in [1.54, 1.807) is 34.6 Å². The normalized spacial score (nSPS) is 40.0. The van der Waals surface area contributed by atoms with Crippen molar-refractivity contribution in [1.29, 1.82) is 0 Å². The lowest BCUT2D eigenvalue weighted by molar-refractivity contribution is -0.281. The summed E-state index contributed by atoms with van der Waals surface area (Å²) in [6.45, 7) is 16.1. The van der Waals surface area contributed by atoms with E-state index in [9.17, 15) is 24.6 Å². The Hall–Kier alpha value is -2.65. The second-order valence-electron chi connectivity index (χ2n) is 15.0. The maximum Gasteiger partial charge on any atom is 0.316 e. The molecule has 0 amide bonds. The molecule has 0 bridgehead atoms. The van der Waals surface area contributed by atoms with Crippen molar-refractivity contribution in [2.45, 2.75) is 136 Å². The van der Waals surface area contributed by atoms with Gasteiger partial charge in [0.25, 0.3) is 0 Å².